The second kappa shape index (κ2) is 8.92. The first kappa shape index (κ1) is 18.6. The number of amides is 1. The number of nitrogens with two attached hydrogens (primary N) is 1. The van der Waals surface area contributed by atoms with Gasteiger partial charge in [0.1, 0.15) is 0 Å². The molecule has 0 heterocycles. The number of nitrogens with zero attached hydrogens (tertiary/aromatic N) is 1. The summed E-state index contributed by atoms with van der Waals surface area (Å²) in [6.07, 6.45) is 0.956. The molecule has 6 heteroatoms. The highest BCUT2D eigenvalue weighted by molar-refractivity contribution is 6.36. The summed E-state index contributed by atoms with van der Waals surface area (Å²) in [6, 6.07) is 12.7. The van der Waals surface area contributed by atoms with Crippen molar-refractivity contribution in [3.8, 4) is 0 Å². The molecule has 128 valence electrons. The molecule has 1 amide bonds. The molecule has 0 saturated carbocycles. The summed E-state index contributed by atoms with van der Waals surface area (Å²) < 4.78 is 0. The number of anilines is 2. The quantitative estimate of drug-likeness (QED) is 0.713. The lowest BCUT2D eigenvalue weighted by Gasteiger charge is -2.21. The fraction of sp³-hybridized carbons (Fsp3) is 0.278. The van der Waals surface area contributed by atoms with E-state index in [0.717, 1.165) is 24.2 Å². The molecule has 0 radical (unpaired) electrons. The average molecular weight is 366 g/mol. The Morgan fingerprint density at radius 2 is 2.00 bits per heavy atom. The fourth-order valence-electron chi connectivity index (χ4n) is 2.46. The predicted molar refractivity (Wildman–Crippen MR) is 102 cm³/mol. The van der Waals surface area contributed by atoms with Gasteiger partial charge in [0, 0.05) is 17.3 Å². The maximum absolute atomic E-state index is 12.3. The average Bonchev–Trinajstić information content (AvgIpc) is 2.50. The number of hydrogen-bond acceptors (Lipinski definition) is 3. The van der Waals surface area contributed by atoms with E-state index in [1.807, 2.05) is 24.3 Å². The van der Waals surface area contributed by atoms with Crippen molar-refractivity contribution in [1.82, 2.24) is 4.90 Å². The second-order valence-corrected chi connectivity index (χ2v) is 6.47. The van der Waals surface area contributed by atoms with Gasteiger partial charge in [-0.25, -0.2) is 0 Å². The van der Waals surface area contributed by atoms with Gasteiger partial charge in [0.2, 0.25) is 5.91 Å². The first-order valence-electron chi connectivity index (χ1n) is 7.79. The molecular weight excluding hydrogens is 345 g/mol. The molecule has 0 aliphatic rings. The standard InChI is InChI=1S/C18H21Cl2N3O/c1-2-8-23(11-13-4-3-5-15(21)9-13)12-18(24)22-17-7-6-14(19)10-16(17)20/h3-7,9-10H,2,8,11-12,21H2,1H3,(H,22,24). The van der Waals surface area contributed by atoms with Crippen LogP contribution in [0.3, 0.4) is 0 Å². The summed E-state index contributed by atoms with van der Waals surface area (Å²) in [5.74, 6) is -0.114. The third kappa shape index (κ3) is 5.71. The van der Waals surface area contributed by atoms with Crippen LogP contribution in [0.15, 0.2) is 42.5 Å². The van der Waals surface area contributed by atoms with Crippen LogP contribution in [0.5, 0.6) is 0 Å². The Balaban J connectivity index is 2.00. The zero-order valence-electron chi connectivity index (χ0n) is 13.6. The van der Waals surface area contributed by atoms with Crippen LogP contribution in [0, 0.1) is 0 Å². The number of halogens is 2. The zero-order valence-corrected chi connectivity index (χ0v) is 15.1. The van der Waals surface area contributed by atoms with Crippen molar-refractivity contribution >= 4 is 40.5 Å². The fourth-order valence-corrected chi connectivity index (χ4v) is 2.92. The normalized spacial score (nSPS) is 10.8. The topological polar surface area (TPSA) is 58.4 Å². The maximum atomic E-state index is 12.3. The number of nitrogens with one attached hydrogen (secondary N) is 1. The molecule has 0 aromatic heterocycles. The molecule has 0 fully saturated rings. The van der Waals surface area contributed by atoms with Crippen LogP contribution in [-0.4, -0.2) is 23.9 Å². The molecule has 0 aliphatic heterocycles. The van der Waals surface area contributed by atoms with E-state index in [4.69, 9.17) is 28.9 Å². The van der Waals surface area contributed by atoms with E-state index in [1.54, 1.807) is 18.2 Å². The Morgan fingerprint density at radius 1 is 1.21 bits per heavy atom. The zero-order chi connectivity index (χ0) is 17.5. The van der Waals surface area contributed by atoms with Gasteiger partial charge in [-0.15, -0.1) is 0 Å². The van der Waals surface area contributed by atoms with E-state index >= 15 is 0 Å². The van der Waals surface area contributed by atoms with Gasteiger partial charge in [0.15, 0.2) is 0 Å². The summed E-state index contributed by atoms with van der Waals surface area (Å²) in [5.41, 5.74) is 8.19. The van der Waals surface area contributed by atoms with Crippen molar-refractivity contribution < 1.29 is 4.79 Å². The summed E-state index contributed by atoms with van der Waals surface area (Å²) in [4.78, 5) is 14.4. The highest BCUT2D eigenvalue weighted by Crippen LogP contribution is 2.25. The van der Waals surface area contributed by atoms with Crippen molar-refractivity contribution in [3.05, 3.63) is 58.1 Å². The molecule has 0 spiro atoms. The Labute approximate surface area is 152 Å². The molecule has 2 aromatic rings. The first-order chi connectivity index (χ1) is 11.5. The summed E-state index contributed by atoms with van der Waals surface area (Å²) >= 11 is 12.0. The molecule has 2 rings (SSSR count). The second-order valence-electron chi connectivity index (χ2n) is 5.63. The molecule has 0 aliphatic carbocycles. The summed E-state index contributed by atoms with van der Waals surface area (Å²) in [5, 5.41) is 3.79. The summed E-state index contributed by atoms with van der Waals surface area (Å²) in [7, 11) is 0. The van der Waals surface area contributed by atoms with Crippen LogP contribution >= 0.6 is 23.2 Å². The molecule has 2 aromatic carbocycles. The number of benzene rings is 2. The summed E-state index contributed by atoms with van der Waals surface area (Å²) in [6.45, 7) is 3.85. The number of nitrogen functional groups attached to an aromatic ring is 1. The van der Waals surface area contributed by atoms with Gasteiger partial charge in [0.05, 0.1) is 17.3 Å². The van der Waals surface area contributed by atoms with Crippen molar-refractivity contribution in [1.29, 1.82) is 0 Å². The van der Waals surface area contributed by atoms with Crippen LogP contribution in [-0.2, 0) is 11.3 Å². The molecule has 0 atom stereocenters. The Kier molecular flexibility index (Phi) is 6.91. The van der Waals surface area contributed by atoms with E-state index in [0.29, 0.717) is 22.3 Å². The smallest absolute Gasteiger partial charge is 0.238 e. The maximum Gasteiger partial charge on any atom is 0.238 e. The third-order valence-corrected chi connectivity index (χ3v) is 4.02. The van der Waals surface area contributed by atoms with Gasteiger partial charge in [-0.2, -0.15) is 0 Å². The molecule has 3 N–H and O–H groups in total. The van der Waals surface area contributed by atoms with Crippen LogP contribution in [0.4, 0.5) is 11.4 Å². The van der Waals surface area contributed by atoms with Gasteiger partial charge in [-0.1, -0.05) is 42.3 Å². The number of hydrogen-bond donors (Lipinski definition) is 2. The predicted octanol–water partition coefficient (Wildman–Crippen LogP) is 4.43. The first-order valence-corrected chi connectivity index (χ1v) is 8.55. The van der Waals surface area contributed by atoms with Crippen LogP contribution < -0.4 is 11.1 Å². The molecule has 0 bridgehead atoms. The van der Waals surface area contributed by atoms with E-state index in [1.165, 1.54) is 0 Å². The van der Waals surface area contributed by atoms with Gasteiger partial charge in [0.25, 0.3) is 0 Å². The highest BCUT2D eigenvalue weighted by Gasteiger charge is 2.12. The molecule has 4 nitrogen and oxygen atoms in total. The van der Waals surface area contributed by atoms with Crippen LogP contribution in [0.25, 0.3) is 0 Å². The monoisotopic (exact) mass is 365 g/mol. The van der Waals surface area contributed by atoms with Gasteiger partial charge in [-0.05, 0) is 48.9 Å². The lowest BCUT2D eigenvalue weighted by Crippen LogP contribution is -2.33. The third-order valence-electron chi connectivity index (χ3n) is 3.47. The van der Waals surface area contributed by atoms with Crippen molar-refractivity contribution in [2.75, 3.05) is 24.1 Å². The van der Waals surface area contributed by atoms with Gasteiger partial charge >= 0.3 is 0 Å². The van der Waals surface area contributed by atoms with E-state index < -0.39 is 0 Å². The molecular formula is C18H21Cl2N3O. The van der Waals surface area contributed by atoms with E-state index in [2.05, 4.69) is 17.1 Å². The van der Waals surface area contributed by atoms with Gasteiger partial charge < -0.3 is 11.1 Å². The minimum absolute atomic E-state index is 0.114. The highest BCUT2D eigenvalue weighted by atomic mass is 35.5. The molecule has 24 heavy (non-hydrogen) atoms. The molecule has 0 saturated heterocycles. The van der Waals surface area contributed by atoms with Gasteiger partial charge in [-0.3, -0.25) is 9.69 Å². The Bertz CT molecular complexity index is 706. The largest absolute Gasteiger partial charge is 0.399 e. The Morgan fingerprint density at radius 3 is 2.67 bits per heavy atom. The minimum atomic E-state index is -0.114. The lowest BCUT2D eigenvalue weighted by molar-refractivity contribution is -0.117. The van der Waals surface area contributed by atoms with Crippen molar-refractivity contribution in [2.24, 2.45) is 0 Å². The van der Waals surface area contributed by atoms with Crippen LogP contribution in [0.2, 0.25) is 10.0 Å². The molecule has 0 unspecified atom stereocenters. The van der Waals surface area contributed by atoms with Crippen LogP contribution in [0.1, 0.15) is 18.9 Å². The van der Waals surface area contributed by atoms with Crippen molar-refractivity contribution in [3.63, 3.8) is 0 Å². The van der Waals surface area contributed by atoms with E-state index in [-0.39, 0.29) is 12.5 Å². The number of carbonyl (C=O) groups is 1. The van der Waals surface area contributed by atoms with Crippen molar-refractivity contribution in [2.45, 2.75) is 19.9 Å². The number of rotatable bonds is 7. The lowest BCUT2D eigenvalue weighted by atomic mass is 10.2. The SMILES string of the molecule is CCCN(CC(=O)Nc1ccc(Cl)cc1Cl)Cc1cccc(N)c1. The Hall–Kier alpha value is -1.75. The van der Waals surface area contributed by atoms with E-state index in [9.17, 15) is 4.79 Å². The number of carbonyl (C=O) groups excluding carboxylic acids is 1. The minimum Gasteiger partial charge on any atom is -0.399 e.